The lowest BCUT2D eigenvalue weighted by Gasteiger charge is -2.12. The van der Waals surface area contributed by atoms with Crippen molar-refractivity contribution in [2.75, 3.05) is 0 Å². The van der Waals surface area contributed by atoms with Gasteiger partial charge in [0, 0.05) is 55.4 Å². The van der Waals surface area contributed by atoms with Gasteiger partial charge in [-0.1, -0.05) is 152 Å². The molecule has 0 radical (unpaired) electrons. The molecule has 0 N–H and O–H groups in total. The zero-order valence-corrected chi connectivity index (χ0v) is 32.2. The number of pyridine rings is 1. The largest absolute Gasteiger partial charge is 0.456 e. The number of fused-ring (bicyclic) bond motifs is 7. The summed E-state index contributed by atoms with van der Waals surface area (Å²) in [5, 5.41) is 5.46. The fourth-order valence-corrected chi connectivity index (χ4v) is 8.74. The predicted octanol–water partition coefficient (Wildman–Crippen LogP) is 14.8. The molecule has 0 spiro atoms. The van der Waals surface area contributed by atoms with Crippen LogP contribution in [-0.4, -0.2) is 15.0 Å². The number of aromatic nitrogens is 3. The van der Waals surface area contributed by atoms with Crippen LogP contribution in [0, 0.1) is 0 Å². The van der Waals surface area contributed by atoms with Gasteiger partial charge in [0.25, 0.3) is 0 Å². The van der Waals surface area contributed by atoms with Crippen molar-refractivity contribution in [2.45, 2.75) is 0 Å². The molecule has 0 aliphatic rings. The van der Waals surface area contributed by atoms with Crippen LogP contribution in [0.15, 0.2) is 209 Å². The number of nitrogens with zero attached hydrogens (tertiary/aromatic N) is 3. The van der Waals surface area contributed by atoms with Gasteiger partial charge < -0.3 is 8.83 Å². The van der Waals surface area contributed by atoms with E-state index in [0.717, 1.165) is 116 Å². The highest BCUT2D eigenvalue weighted by Crippen LogP contribution is 2.45. The van der Waals surface area contributed by atoms with Crippen LogP contribution in [0.4, 0.5) is 0 Å². The summed E-state index contributed by atoms with van der Waals surface area (Å²) in [6.45, 7) is 0. The number of benzene rings is 8. The van der Waals surface area contributed by atoms with Crippen molar-refractivity contribution in [2.24, 2.45) is 0 Å². The van der Waals surface area contributed by atoms with E-state index in [2.05, 4.69) is 138 Å². The van der Waals surface area contributed by atoms with Crippen molar-refractivity contribution in [3.8, 4) is 67.3 Å². The van der Waals surface area contributed by atoms with Crippen LogP contribution in [0.3, 0.4) is 0 Å². The number of furan rings is 2. The van der Waals surface area contributed by atoms with E-state index < -0.39 is 0 Å². The Morgan fingerprint density at radius 2 is 0.900 bits per heavy atom. The van der Waals surface area contributed by atoms with Crippen LogP contribution >= 0.6 is 0 Å². The average Bonchev–Trinajstić information content (AvgIpc) is 3.91. The standard InChI is InChI=1S/C55H33N3O2/c1-2-11-36(12-3-1)47-33-48(58-55(57-47)38-28-24-34(25-29-38)39-15-8-18-46-41(39)17-10-32-56-46)37-26-22-35(23-27-37)40-30-31-43(54-53(40)45-14-5-7-20-50(45)60-54)42-16-9-21-51-52(42)44-13-4-6-19-49(44)59-51/h1-33H. The van der Waals surface area contributed by atoms with Gasteiger partial charge in [-0.15, -0.1) is 0 Å². The molecule has 0 saturated heterocycles. The maximum atomic E-state index is 6.74. The number of hydrogen-bond acceptors (Lipinski definition) is 5. The van der Waals surface area contributed by atoms with Gasteiger partial charge in [0.2, 0.25) is 0 Å². The average molecular weight is 768 g/mol. The van der Waals surface area contributed by atoms with Crippen molar-refractivity contribution in [1.82, 2.24) is 15.0 Å². The quantitative estimate of drug-likeness (QED) is 0.169. The van der Waals surface area contributed by atoms with Crippen molar-refractivity contribution in [3.63, 3.8) is 0 Å². The van der Waals surface area contributed by atoms with E-state index in [4.69, 9.17) is 18.8 Å². The third-order valence-electron chi connectivity index (χ3n) is 11.6. The van der Waals surface area contributed by atoms with Gasteiger partial charge in [-0.25, -0.2) is 9.97 Å². The van der Waals surface area contributed by atoms with Gasteiger partial charge in [0.1, 0.15) is 22.3 Å². The van der Waals surface area contributed by atoms with Crippen LogP contribution in [-0.2, 0) is 0 Å². The Morgan fingerprint density at radius 1 is 0.333 bits per heavy atom. The lowest BCUT2D eigenvalue weighted by molar-refractivity contribution is 0.668. The molecule has 0 bridgehead atoms. The van der Waals surface area contributed by atoms with Gasteiger partial charge in [0.05, 0.1) is 16.9 Å². The Bertz CT molecular complexity index is 3580. The Labute approximate surface area is 344 Å². The van der Waals surface area contributed by atoms with E-state index >= 15 is 0 Å². The predicted molar refractivity (Wildman–Crippen MR) is 245 cm³/mol. The Kier molecular flexibility index (Phi) is 7.78. The zero-order valence-electron chi connectivity index (χ0n) is 32.2. The Morgan fingerprint density at radius 3 is 1.68 bits per heavy atom. The summed E-state index contributed by atoms with van der Waals surface area (Å²) >= 11 is 0. The second-order valence-electron chi connectivity index (χ2n) is 15.1. The van der Waals surface area contributed by atoms with Crippen LogP contribution < -0.4 is 0 Å². The first-order chi connectivity index (χ1) is 29.7. The molecule has 0 amide bonds. The van der Waals surface area contributed by atoms with Crippen LogP contribution in [0.2, 0.25) is 0 Å². The first-order valence-corrected chi connectivity index (χ1v) is 20.1. The summed E-state index contributed by atoms with van der Waals surface area (Å²) in [5.74, 6) is 0.671. The van der Waals surface area contributed by atoms with Gasteiger partial charge >= 0.3 is 0 Å². The smallest absolute Gasteiger partial charge is 0.160 e. The molecule has 60 heavy (non-hydrogen) atoms. The molecular formula is C55H33N3O2. The first kappa shape index (κ1) is 33.9. The van der Waals surface area contributed by atoms with E-state index in [0.29, 0.717) is 5.82 Å². The number of rotatable bonds is 6. The van der Waals surface area contributed by atoms with Gasteiger partial charge in [-0.05, 0) is 70.3 Å². The number of hydrogen-bond donors (Lipinski definition) is 0. The molecule has 8 aromatic carbocycles. The minimum Gasteiger partial charge on any atom is -0.456 e. The molecule has 12 aromatic rings. The van der Waals surface area contributed by atoms with Crippen LogP contribution in [0.5, 0.6) is 0 Å². The van der Waals surface area contributed by atoms with E-state index in [1.807, 2.05) is 66.9 Å². The molecule has 280 valence electrons. The molecule has 0 aliphatic carbocycles. The van der Waals surface area contributed by atoms with Gasteiger partial charge in [-0.3, -0.25) is 4.98 Å². The Hall–Kier alpha value is -8.15. The third kappa shape index (κ3) is 5.59. The first-order valence-electron chi connectivity index (χ1n) is 20.1. The maximum absolute atomic E-state index is 6.74. The van der Waals surface area contributed by atoms with Crippen molar-refractivity contribution in [1.29, 1.82) is 0 Å². The monoisotopic (exact) mass is 767 g/mol. The zero-order chi connectivity index (χ0) is 39.6. The second kappa shape index (κ2) is 13.8. The summed E-state index contributed by atoms with van der Waals surface area (Å²) in [7, 11) is 0. The minimum atomic E-state index is 0.671. The van der Waals surface area contributed by atoms with Crippen molar-refractivity contribution >= 4 is 54.8 Å². The van der Waals surface area contributed by atoms with E-state index in [1.165, 1.54) is 0 Å². The normalized spacial score (nSPS) is 11.7. The fourth-order valence-electron chi connectivity index (χ4n) is 8.74. The molecule has 12 rings (SSSR count). The highest BCUT2D eigenvalue weighted by atomic mass is 16.3. The third-order valence-corrected chi connectivity index (χ3v) is 11.6. The van der Waals surface area contributed by atoms with E-state index in [-0.39, 0.29) is 0 Å². The summed E-state index contributed by atoms with van der Waals surface area (Å²) in [6, 6.07) is 67.2. The van der Waals surface area contributed by atoms with Gasteiger partial charge in [0.15, 0.2) is 5.82 Å². The summed E-state index contributed by atoms with van der Waals surface area (Å²) < 4.78 is 13.0. The topological polar surface area (TPSA) is 65.0 Å². The molecule has 0 atom stereocenters. The lowest BCUT2D eigenvalue weighted by atomic mass is 9.92. The molecule has 5 heteroatoms. The summed E-state index contributed by atoms with van der Waals surface area (Å²) in [6.07, 6.45) is 1.83. The summed E-state index contributed by atoms with van der Waals surface area (Å²) in [5.41, 5.74) is 15.7. The highest BCUT2D eigenvalue weighted by molar-refractivity contribution is 6.20. The molecule has 4 aromatic heterocycles. The molecule has 0 saturated carbocycles. The van der Waals surface area contributed by atoms with E-state index in [1.54, 1.807) is 0 Å². The molecule has 4 heterocycles. The molecule has 0 aliphatic heterocycles. The number of para-hydroxylation sites is 2. The van der Waals surface area contributed by atoms with Crippen LogP contribution in [0.25, 0.3) is 122 Å². The van der Waals surface area contributed by atoms with Crippen molar-refractivity contribution < 1.29 is 8.83 Å². The lowest BCUT2D eigenvalue weighted by Crippen LogP contribution is -1.96. The maximum Gasteiger partial charge on any atom is 0.160 e. The molecule has 0 unspecified atom stereocenters. The van der Waals surface area contributed by atoms with Crippen molar-refractivity contribution in [3.05, 3.63) is 200 Å². The fraction of sp³-hybridized carbons (Fsp3) is 0. The molecular weight excluding hydrogens is 735 g/mol. The SMILES string of the molecule is c1ccc(-c2cc(-c3ccc(-c4ccc(-c5cccc6oc7ccccc7c56)c5oc6ccccc6c45)cc3)nc(-c3ccc(-c4cccc5ncccc45)cc3)n2)cc1. The molecule has 5 nitrogen and oxygen atoms in total. The Balaban J connectivity index is 0.959. The van der Waals surface area contributed by atoms with Crippen LogP contribution in [0.1, 0.15) is 0 Å². The summed E-state index contributed by atoms with van der Waals surface area (Å²) in [4.78, 5) is 14.8. The minimum absolute atomic E-state index is 0.671. The molecule has 0 fully saturated rings. The van der Waals surface area contributed by atoms with E-state index in [9.17, 15) is 0 Å². The second-order valence-corrected chi connectivity index (χ2v) is 15.1. The highest BCUT2D eigenvalue weighted by Gasteiger charge is 2.21. The van der Waals surface area contributed by atoms with Gasteiger partial charge in [-0.2, -0.15) is 0 Å².